The van der Waals surface area contributed by atoms with Crippen LogP contribution in [-0.2, 0) is 23.2 Å². The van der Waals surface area contributed by atoms with E-state index in [1.54, 1.807) is 6.92 Å². The monoisotopic (exact) mass is 309 g/mol. The molecular formula is C14H19N3O3S. The fourth-order valence-electron chi connectivity index (χ4n) is 2.23. The molecule has 0 unspecified atom stereocenters. The van der Waals surface area contributed by atoms with Crippen molar-refractivity contribution in [3.05, 3.63) is 46.8 Å². The lowest BCUT2D eigenvalue weighted by atomic mass is 10.1. The second kappa shape index (κ2) is 5.97. The minimum atomic E-state index is -3.70. The number of aromatic amines is 1. The molecule has 1 aromatic carbocycles. The molecule has 0 spiro atoms. The van der Waals surface area contributed by atoms with Crippen LogP contribution in [0.15, 0.2) is 29.2 Å². The van der Waals surface area contributed by atoms with E-state index >= 15 is 0 Å². The van der Waals surface area contributed by atoms with E-state index in [1.165, 1.54) is 11.4 Å². The summed E-state index contributed by atoms with van der Waals surface area (Å²) >= 11 is 0. The first-order chi connectivity index (χ1) is 9.86. The highest BCUT2D eigenvalue weighted by molar-refractivity contribution is 7.89. The number of sulfonamides is 1. The zero-order valence-corrected chi connectivity index (χ0v) is 13.1. The summed E-state index contributed by atoms with van der Waals surface area (Å²) in [6.07, 6.45) is 0. The van der Waals surface area contributed by atoms with E-state index in [0.717, 1.165) is 11.1 Å². The number of aryl methyl sites for hydroxylation is 2. The molecule has 6 nitrogen and oxygen atoms in total. The van der Waals surface area contributed by atoms with Gasteiger partial charge in [-0.1, -0.05) is 29.8 Å². The fraction of sp³-hybridized carbons (Fsp3) is 0.357. The standard InChI is InChI=1S/C14H19N3O3S/c1-10-5-4-6-12(7-10)8-17(3)21(19,20)14-11(2)15-16-13(14)9-18/h4-7,18H,8-9H2,1-3H3,(H,15,16). The molecule has 0 saturated heterocycles. The zero-order valence-electron chi connectivity index (χ0n) is 12.3. The number of nitrogens with one attached hydrogen (secondary N) is 1. The number of benzene rings is 1. The summed E-state index contributed by atoms with van der Waals surface area (Å²) in [7, 11) is -2.18. The first-order valence-electron chi connectivity index (χ1n) is 6.53. The van der Waals surface area contributed by atoms with Crippen LogP contribution in [0.4, 0.5) is 0 Å². The van der Waals surface area contributed by atoms with Gasteiger partial charge in [-0.25, -0.2) is 8.42 Å². The van der Waals surface area contributed by atoms with Crippen LogP contribution in [0.1, 0.15) is 22.5 Å². The number of aliphatic hydroxyl groups is 1. The Labute approximate surface area is 124 Å². The molecule has 0 amide bonds. The minimum absolute atomic E-state index is 0.0557. The van der Waals surface area contributed by atoms with E-state index in [1.807, 2.05) is 31.2 Å². The molecule has 2 aromatic rings. The third-order valence-corrected chi connectivity index (χ3v) is 5.27. The van der Waals surface area contributed by atoms with Gasteiger partial charge in [0.25, 0.3) is 0 Å². The Morgan fingerprint density at radius 3 is 2.67 bits per heavy atom. The third-order valence-electron chi connectivity index (χ3n) is 3.27. The second-order valence-electron chi connectivity index (χ2n) is 5.03. The normalized spacial score (nSPS) is 12.0. The fourth-order valence-corrected chi connectivity index (χ4v) is 3.70. The molecule has 0 radical (unpaired) electrons. The van der Waals surface area contributed by atoms with Gasteiger partial charge in [-0.2, -0.15) is 9.40 Å². The van der Waals surface area contributed by atoms with Crippen molar-refractivity contribution in [3.8, 4) is 0 Å². The van der Waals surface area contributed by atoms with Gasteiger partial charge in [0.2, 0.25) is 10.0 Å². The first-order valence-corrected chi connectivity index (χ1v) is 7.97. The Morgan fingerprint density at radius 1 is 1.33 bits per heavy atom. The lowest BCUT2D eigenvalue weighted by Crippen LogP contribution is -2.27. The second-order valence-corrected chi connectivity index (χ2v) is 7.01. The van der Waals surface area contributed by atoms with Crippen molar-refractivity contribution in [2.24, 2.45) is 0 Å². The van der Waals surface area contributed by atoms with Crippen LogP contribution >= 0.6 is 0 Å². The summed E-state index contributed by atoms with van der Waals surface area (Å²) in [6, 6.07) is 7.69. The van der Waals surface area contributed by atoms with Gasteiger partial charge in [0, 0.05) is 13.6 Å². The quantitative estimate of drug-likeness (QED) is 0.872. The zero-order chi connectivity index (χ0) is 15.6. The highest BCUT2D eigenvalue weighted by Crippen LogP contribution is 2.22. The van der Waals surface area contributed by atoms with Crippen molar-refractivity contribution < 1.29 is 13.5 Å². The molecule has 1 aromatic heterocycles. The number of H-pyrrole nitrogens is 1. The molecule has 0 bridgehead atoms. The maximum Gasteiger partial charge on any atom is 0.246 e. The molecule has 7 heteroatoms. The molecule has 114 valence electrons. The smallest absolute Gasteiger partial charge is 0.246 e. The Balaban J connectivity index is 2.33. The maximum absolute atomic E-state index is 12.6. The van der Waals surface area contributed by atoms with Crippen LogP contribution in [0.5, 0.6) is 0 Å². The Kier molecular flexibility index (Phi) is 4.46. The largest absolute Gasteiger partial charge is 0.390 e. The molecule has 2 rings (SSSR count). The van der Waals surface area contributed by atoms with Gasteiger partial charge in [-0.3, -0.25) is 5.10 Å². The van der Waals surface area contributed by atoms with Gasteiger partial charge in [0.1, 0.15) is 10.6 Å². The van der Waals surface area contributed by atoms with Crippen molar-refractivity contribution >= 4 is 10.0 Å². The summed E-state index contributed by atoms with van der Waals surface area (Å²) in [5, 5.41) is 15.7. The molecule has 0 saturated carbocycles. The number of aliphatic hydroxyl groups excluding tert-OH is 1. The number of hydrogen-bond donors (Lipinski definition) is 2. The van der Waals surface area contributed by atoms with Gasteiger partial charge < -0.3 is 5.11 Å². The van der Waals surface area contributed by atoms with Crippen molar-refractivity contribution in [2.75, 3.05) is 7.05 Å². The average molecular weight is 309 g/mol. The van der Waals surface area contributed by atoms with Crippen molar-refractivity contribution in [1.29, 1.82) is 0 Å². The molecule has 2 N–H and O–H groups in total. The molecular weight excluding hydrogens is 290 g/mol. The predicted molar refractivity (Wildman–Crippen MR) is 79.1 cm³/mol. The summed E-state index contributed by atoms with van der Waals surface area (Å²) in [4.78, 5) is 0.0557. The number of aromatic nitrogens is 2. The van der Waals surface area contributed by atoms with Crippen molar-refractivity contribution in [1.82, 2.24) is 14.5 Å². The van der Waals surface area contributed by atoms with Gasteiger partial charge in [-0.05, 0) is 19.4 Å². The maximum atomic E-state index is 12.6. The summed E-state index contributed by atoms with van der Waals surface area (Å²) in [6.45, 7) is 3.43. The molecule has 0 atom stereocenters. The number of nitrogens with zero attached hydrogens (tertiary/aromatic N) is 2. The van der Waals surface area contributed by atoms with E-state index in [4.69, 9.17) is 0 Å². The molecule has 0 aliphatic rings. The highest BCUT2D eigenvalue weighted by Gasteiger charge is 2.28. The van der Waals surface area contributed by atoms with Crippen molar-refractivity contribution in [2.45, 2.75) is 31.9 Å². The third kappa shape index (κ3) is 3.15. The topological polar surface area (TPSA) is 86.3 Å². The van der Waals surface area contributed by atoms with Crippen LogP contribution in [0.3, 0.4) is 0 Å². The first kappa shape index (κ1) is 15.7. The average Bonchev–Trinajstić information content (AvgIpc) is 2.80. The van der Waals surface area contributed by atoms with Crippen LogP contribution < -0.4 is 0 Å². The number of rotatable bonds is 5. The SMILES string of the molecule is Cc1cccc(CN(C)S(=O)(=O)c2c(CO)n[nH]c2C)c1. The van der Waals surface area contributed by atoms with Gasteiger partial charge in [-0.15, -0.1) is 0 Å². The summed E-state index contributed by atoms with van der Waals surface area (Å²) in [5.41, 5.74) is 2.56. The van der Waals surface area contributed by atoms with Gasteiger partial charge >= 0.3 is 0 Å². The van der Waals surface area contributed by atoms with Crippen LogP contribution in [0.2, 0.25) is 0 Å². The van der Waals surface area contributed by atoms with E-state index in [9.17, 15) is 13.5 Å². The lowest BCUT2D eigenvalue weighted by molar-refractivity contribution is 0.273. The lowest BCUT2D eigenvalue weighted by Gasteiger charge is -2.18. The summed E-state index contributed by atoms with van der Waals surface area (Å²) in [5.74, 6) is 0. The molecule has 1 heterocycles. The number of hydrogen-bond acceptors (Lipinski definition) is 4. The van der Waals surface area contributed by atoms with Crippen LogP contribution in [0, 0.1) is 13.8 Å². The van der Waals surface area contributed by atoms with E-state index in [0.29, 0.717) is 5.69 Å². The van der Waals surface area contributed by atoms with E-state index in [-0.39, 0.29) is 17.1 Å². The molecule has 0 fully saturated rings. The van der Waals surface area contributed by atoms with Crippen LogP contribution in [-0.4, -0.2) is 35.1 Å². The summed E-state index contributed by atoms with van der Waals surface area (Å²) < 4.78 is 26.5. The van der Waals surface area contributed by atoms with Crippen molar-refractivity contribution in [3.63, 3.8) is 0 Å². The van der Waals surface area contributed by atoms with E-state index < -0.39 is 16.6 Å². The Morgan fingerprint density at radius 2 is 2.05 bits per heavy atom. The predicted octanol–water partition coefficient (Wildman–Crippen LogP) is 1.34. The Hall–Kier alpha value is -1.70. The Bertz CT molecular complexity index is 738. The highest BCUT2D eigenvalue weighted by atomic mass is 32.2. The van der Waals surface area contributed by atoms with Gasteiger partial charge in [0.15, 0.2) is 0 Å². The van der Waals surface area contributed by atoms with Crippen LogP contribution in [0.25, 0.3) is 0 Å². The molecule has 0 aliphatic heterocycles. The van der Waals surface area contributed by atoms with E-state index in [2.05, 4.69) is 10.2 Å². The molecule has 0 aliphatic carbocycles. The van der Waals surface area contributed by atoms with Gasteiger partial charge in [0.05, 0.1) is 12.3 Å². The minimum Gasteiger partial charge on any atom is -0.390 e. The molecule has 21 heavy (non-hydrogen) atoms.